The number of fused-ring (bicyclic) bond motifs is 2. The molecule has 1 atom stereocenters. The van der Waals surface area contributed by atoms with Gasteiger partial charge in [0.05, 0.1) is 12.6 Å². The minimum Gasteiger partial charge on any atom is -0.348 e. The second-order valence-electron chi connectivity index (χ2n) is 7.46. The molecule has 0 radical (unpaired) electrons. The van der Waals surface area contributed by atoms with E-state index in [0.29, 0.717) is 12.6 Å². The quantitative estimate of drug-likeness (QED) is 0.931. The van der Waals surface area contributed by atoms with Crippen LogP contribution < -0.4 is 5.32 Å². The summed E-state index contributed by atoms with van der Waals surface area (Å²) >= 11 is 0. The number of likely N-dealkylation sites (N-methyl/N-ethyl adjacent to an activating group) is 1. The first-order valence-electron chi connectivity index (χ1n) is 9.35. The van der Waals surface area contributed by atoms with Gasteiger partial charge in [-0.25, -0.2) is 0 Å². The van der Waals surface area contributed by atoms with Crippen molar-refractivity contribution in [1.82, 2.24) is 10.2 Å². The Morgan fingerprint density at radius 3 is 2.40 bits per heavy atom. The number of hydrogen-bond acceptors (Lipinski definition) is 2. The maximum Gasteiger partial charge on any atom is 0.234 e. The molecule has 3 nitrogen and oxygen atoms in total. The fourth-order valence-electron chi connectivity index (χ4n) is 4.35. The predicted molar refractivity (Wildman–Crippen MR) is 101 cm³/mol. The molecule has 1 N–H and O–H groups in total. The third-order valence-electron chi connectivity index (χ3n) is 5.75. The molecule has 25 heavy (non-hydrogen) atoms. The maximum absolute atomic E-state index is 12.6. The van der Waals surface area contributed by atoms with Crippen molar-refractivity contribution in [3.8, 4) is 0 Å². The summed E-state index contributed by atoms with van der Waals surface area (Å²) in [5.41, 5.74) is 5.55. The van der Waals surface area contributed by atoms with Crippen LogP contribution in [0.3, 0.4) is 0 Å². The summed E-state index contributed by atoms with van der Waals surface area (Å²) in [5.74, 6) is 0.139. The predicted octanol–water partition coefficient (Wildman–Crippen LogP) is 3.28. The standard InChI is InChI=1S/C22H26N2O/c1-24(19-13-17-8-2-3-9-18(17)14-19)15-22(25)23-21-12-6-10-16-7-4-5-11-20(16)21/h2-5,7-9,11,19,21H,6,10,12-15H2,1H3,(H,23,25)/t21-/m0/s1. The number of nitrogens with one attached hydrogen (secondary N) is 1. The van der Waals surface area contributed by atoms with Crippen LogP contribution >= 0.6 is 0 Å². The lowest BCUT2D eigenvalue weighted by molar-refractivity contribution is -0.123. The van der Waals surface area contributed by atoms with Gasteiger partial charge in [-0.3, -0.25) is 9.69 Å². The van der Waals surface area contributed by atoms with E-state index in [1.54, 1.807) is 0 Å². The highest BCUT2D eigenvalue weighted by atomic mass is 16.2. The minimum absolute atomic E-state index is 0.139. The highest BCUT2D eigenvalue weighted by Gasteiger charge is 2.27. The van der Waals surface area contributed by atoms with Gasteiger partial charge >= 0.3 is 0 Å². The molecule has 0 aromatic heterocycles. The van der Waals surface area contributed by atoms with Crippen molar-refractivity contribution < 1.29 is 4.79 Å². The molecule has 0 saturated heterocycles. The second kappa shape index (κ2) is 7.01. The smallest absolute Gasteiger partial charge is 0.234 e. The zero-order valence-electron chi connectivity index (χ0n) is 14.9. The molecule has 1 amide bonds. The van der Waals surface area contributed by atoms with E-state index in [0.717, 1.165) is 32.1 Å². The molecule has 0 fully saturated rings. The van der Waals surface area contributed by atoms with E-state index in [1.807, 2.05) is 0 Å². The highest BCUT2D eigenvalue weighted by molar-refractivity contribution is 5.78. The summed E-state index contributed by atoms with van der Waals surface area (Å²) in [6.45, 7) is 0.470. The molecule has 2 aliphatic rings. The lowest BCUT2D eigenvalue weighted by atomic mass is 9.88. The van der Waals surface area contributed by atoms with Gasteiger partial charge in [0.15, 0.2) is 0 Å². The van der Waals surface area contributed by atoms with E-state index in [9.17, 15) is 4.79 Å². The third kappa shape index (κ3) is 3.47. The SMILES string of the molecule is CN(CC(=O)N[C@H]1CCCc2ccccc21)C1Cc2ccccc2C1. The zero-order chi connectivity index (χ0) is 17.2. The second-order valence-corrected chi connectivity index (χ2v) is 7.46. The van der Waals surface area contributed by atoms with Crippen LogP contribution in [-0.4, -0.2) is 30.4 Å². The minimum atomic E-state index is 0.139. The number of rotatable bonds is 4. The lowest BCUT2D eigenvalue weighted by Crippen LogP contribution is -2.42. The van der Waals surface area contributed by atoms with Crippen LogP contribution in [0.15, 0.2) is 48.5 Å². The molecule has 0 saturated carbocycles. The van der Waals surface area contributed by atoms with Crippen molar-refractivity contribution in [2.75, 3.05) is 13.6 Å². The van der Waals surface area contributed by atoms with Gasteiger partial charge in [-0.1, -0.05) is 48.5 Å². The molecule has 0 aliphatic heterocycles. The van der Waals surface area contributed by atoms with Crippen molar-refractivity contribution in [3.05, 3.63) is 70.8 Å². The van der Waals surface area contributed by atoms with E-state index in [-0.39, 0.29) is 11.9 Å². The van der Waals surface area contributed by atoms with Gasteiger partial charge in [0.1, 0.15) is 0 Å². The van der Waals surface area contributed by atoms with Gasteiger partial charge in [0.25, 0.3) is 0 Å². The van der Waals surface area contributed by atoms with Gasteiger partial charge in [0.2, 0.25) is 5.91 Å². The van der Waals surface area contributed by atoms with E-state index in [2.05, 4.69) is 65.8 Å². The Morgan fingerprint density at radius 1 is 1.04 bits per heavy atom. The van der Waals surface area contributed by atoms with Crippen LogP contribution in [0.2, 0.25) is 0 Å². The summed E-state index contributed by atoms with van der Waals surface area (Å²) in [4.78, 5) is 14.8. The molecule has 130 valence electrons. The normalized spacial score (nSPS) is 19.5. The molecule has 0 spiro atoms. The van der Waals surface area contributed by atoms with Gasteiger partial charge < -0.3 is 5.32 Å². The Kier molecular flexibility index (Phi) is 4.58. The topological polar surface area (TPSA) is 32.3 Å². The Morgan fingerprint density at radius 2 is 1.68 bits per heavy atom. The molecule has 0 bridgehead atoms. The number of aryl methyl sites for hydroxylation is 1. The van der Waals surface area contributed by atoms with E-state index in [4.69, 9.17) is 0 Å². The van der Waals surface area contributed by atoms with Crippen LogP contribution in [0.4, 0.5) is 0 Å². The summed E-state index contributed by atoms with van der Waals surface area (Å²) in [5, 5.41) is 3.27. The molecule has 2 aromatic carbocycles. The molecular formula is C22H26N2O. The van der Waals surface area contributed by atoms with Crippen molar-refractivity contribution in [1.29, 1.82) is 0 Å². The maximum atomic E-state index is 12.6. The molecule has 4 rings (SSSR count). The first kappa shape index (κ1) is 16.3. The third-order valence-corrected chi connectivity index (χ3v) is 5.75. The first-order valence-corrected chi connectivity index (χ1v) is 9.35. The van der Waals surface area contributed by atoms with Gasteiger partial charge in [-0.2, -0.15) is 0 Å². The van der Waals surface area contributed by atoms with E-state index in [1.165, 1.54) is 22.3 Å². The molecular weight excluding hydrogens is 308 g/mol. The average Bonchev–Trinajstić information content (AvgIpc) is 3.06. The molecule has 2 aliphatic carbocycles. The molecule has 2 aromatic rings. The fourth-order valence-corrected chi connectivity index (χ4v) is 4.35. The zero-order valence-corrected chi connectivity index (χ0v) is 14.9. The molecule has 0 unspecified atom stereocenters. The Labute approximate surface area is 150 Å². The Balaban J connectivity index is 1.36. The summed E-state index contributed by atoms with van der Waals surface area (Å²) < 4.78 is 0. The summed E-state index contributed by atoms with van der Waals surface area (Å²) in [6, 6.07) is 17.8. The first-order chi connectivity index (χ1) is 12.2. The Hall–Kier alpha value is -2.13. The van der Waals surface area contributed by atoms with Crippen molar-refractivity contribution >= 4 is 5.91 Å². The molecule has 0 heterocycles. The van der Waals surface area contributed by atoms with Gasteiger partial charge in [-0.15, -0.1) is 0 Å². The molecule has 3 heteroatoms. The van der Waals surface area contributed by atoms with Crippen molar-refractivity contribution in [2.45, 2.75) is 44.2 Å². The van der Waals surface area contributed by atoms with Crippen molar-refractivity contribution in [2.24, 2.45) is 0 Å². The van der Waals surface area contributed by atoms with E-state index >= 15 is 0 Å². The van der Waals surface area contributed by atoms with Crippen LogP contribution in [0.25, 0.3) is 0 Å². The van der Waals surface area contributed by atoms with Crippen molar-refractivity contribution in [3.63, 3.8) is 0 Å². The van der Waals surface area contributed by atoms with E-state index < -0.39 is 0 Å². The Bertz CT molecular complexity index is 745. The van der Waals surface area contributed by atoms with Crippen LogP contribution in [0.1, 0.15) is 41.1 Å². The van der Waals surface area contributed by atoms with Gasteiger partial charge in [0, 0.05) is 6.04 Å². The number of nitrogens with zero attached hydrogens (tertiary/aromatic N) is 1. The number of carbonyl (C=O) groups is 1. The van der Waals surface area contributed by atoms with Crippen LogP contribution in [-0.2, 0) is 24.1 Å². The highest BCUT2D eigenvalue weighted by Crippen LogP contribution is 2.29. The number of amides is 1. The van der Waals surface area contributed by atoms with Crippen LogP contribution in [0, 0.1) is 0 Å². The monoisotopic (exact) mass is 334 g/mol. The van der Waals surface area contributed by atoms with Crippen LogP contribution in [0.5, 0.6) is 0 Å². The number of hydrogen-bond donors (Lipinski definition) is 1. The summed E-state index contributed by atoms with van der Waals surface area (Å²) in [6.07, 6.45) is 5.41. The number of carbonyl (C=O) groups excluding carboxylic acids is 1. The fraction of sp³-hybridized carbons (Fsp3) is 0.409. The lowest BCUT2D eigenvalue weighted by Gasteiger charge is -2.28. The van der Waals surface area contributed by atoms with Gasteiger partial charge in [-0.05, 0) is 61.4 Å². The number of benzene rings is 2. The largest absolute Gasteiger partial charge is 0.348 e. The summed E-state index contributed by atoms with van der Waals surface area (Å²) in [7, 11) is 2.07. The average molecular weight is 334 g/mol.